The molecule has 0 fully saturated rings. The third-order valence-corrected chi connectivity index (χ3v) is 10.1. The molecule has 0 amide bonds. The Morgan fingerprint density at radius 2 is 1.00 bits per heavy atom. The molecule has 0 atom stereocenters. The molecule has 0 saturated heterocycles. The quantitative estimate of drug-likeness (QED) is 0.0703. The van der Waals surface area contributed by atoms with Crippen LogP contribution >= 0.6 is 0 Å². The fourth-order valence-corrected chi connectivity index (χ4v) is 7.28. The Labute approximate surface area is 359 Å². The molecule has 4 N–H and O–H groups in total. The number of phenols is 2. The molecule has 0 aromatic heterocycles. The zero-order valence-corrected chi connectivity index (χ0v) is 37.7. The summed E-state index contributed by atoms with van der Waals surface area (Å²) in [6, 6.07) is 3.45. The number of rotatable bonds is 13. The van der Waals surface area contributed by atoms with Crippen LogP contribution in [0.25, 0.3) is 32.7 Å². The van der Waals surface area contributed by atoms with E-state index in [4.69, 9.17) is 9.47 Å². The van der Waals surface area contributed by atoms with Gasteiger partial charge in [-0.05, 0) is 58.7 Å². The van der Waals surface area contributed by atoms with Crippen molar-refractivity contribution in [3.8, 4) is 45.6 Å². The molecule has 14 nitrogen and oxygen atoms in total. The van der Waals surface area contributed by atoms with E-state index >= 15 is 0 Å². The van der Waals surface area contributed by atoms with Crippen LogP contribution in [0.2, 0.25) is 0 Å². The molecule has 54 heavy (non-hydrogen) atoms. The minimum Gasteiger partial charge on any atom is -0.870 e. The number of aromatic hydroxyl groups is 2. The van der Waals surface area contributed by atoms with Gasteiger partial charge < -0.3 is 29.9 Å². The van der Waals surface area contributed by atoms with E-state index in [-0.39, 0.29) is 129 Å². The number of methoxy groups -OCH3 is 2. The van der Waals surface area contributed by atoms with Gasteiger partial charge in [-0.25, -0.2) is 0 Å². The van der Waals surface area contributed by atoms with E-state index in [0.717, 1.165) is 12.4 Å². The van der Waals surface area contributed by atoms with Gasteiger partial charge in [0.05, 0.1) is 38.8 Å². The number of benzene rings is 4. The number of aliphatic imine (C=N–C) groups is 2. The van der Waals surface area contributed by atoms with Crippen LogP contribution in [-0.2, 0) is 20.2 Å². The summed E-state index contributed by atoms with van der Waals surface area (Å²) in [4.78, 5) is 8.10. The van der Waals surface area contributed by atoms with Crippen LogP contribution in [0.3, 0.4) is 0 Å². The normalized spacial score (nSPS) is 12.3. The van der Waals surface area contributed by atoms with Gasteiger partial charge in [-0.15, -0.1) is 0 Å². The Hall–Kier alpha value is -2.64. The monoisotopic (exact) mass is 804 g/mol. The van der Waals surface area contributed by atoms with Gasteiger partial charge in [-0.2, -0.15) is 16.8 Å². The second kappa shape index (κ2) is 18.5. The van der Waals surface area contributed by atoms with Gasteiger partial charge in [0.25, 0.3) is 20.2 Å². The van der Waals surface area contributed by atoms with Crippen molar-refractivity contribution >= 4 is 54.2 Å². The van der Waals surface area contributed by atoms with Crippen molar-refractivity contribution in [2.45, 2.75) is 53.4 Å². The maximum Gasteiger partial charge on any atom is 1.00 e. The summed E-state index contributed by atoms with van der Waals surface area (Å²) < 4.78 is 74.7. The van der Waals surface area contributed by atoms with Gasteiger partial charge in [0.1, 0.15) is 23.0 Å². The van der Waals surface area contributed by atoms with Crippen LogP contribution in [0.1, 0.15) is 72.9 Å². The number of nitrogens with zero attached hydrogens (tertiary/aromatic N) is 2. The van der Waals surface area contributed by atoms with Crippen molar-refractivity contribution in [1.82, 2.24) is 0 Å². The number of ether oxygens (including phenoxy) is 2. The van der Waals surface area contributed by atoms with E-state index in [1.54, 1.807) is 26.0 Å². The molecule has 4 rings (SSSR count). The summed E-state index contributed by atoms with van der Waals surface area (Å²) >= 11 is 0. The SMILES string of the molecule is COc1c([O-])c(C=NCCS(=O)(=O)O)c2c(O)c(-c3c(C)cc4c(C(C)C)c(OC)c([O-])c(C=NCCS(=O)(=O)O)c4c3O)c(C)cc2c1C(C)C.[Na+].[Na+]. The van der Waals surface area contributed by atoms with Gasteiger partial charge in [-0.3, -0.25) is 19.1 Å². The van der Waals surface area contributed by atoms with E-state index in [2.05, 4.69) is 9.98 Å². The number of hydrogen-bond acceptors (Lipinski definition) is 12. The predicted octanol–water partition coefficient (Wildman–Crippen LogP) is -1.28. The first kappa shape index (κ1) is 47.5. The first-order valence-corrected chi connectivity index (χ1v) is 19.4. The molecule has 4 aromatic rings. The molecular weight excluding hydrogens is 763 g/mol. The standard InChI is InChI=1S/C36H44N2O12S2.2Na/c1-17(2)25-21-13-19(5)27(33(41)29(21)23(31(39)35(25)49-7)15-37-9-11-51(43,44)45)28-20(6)14-22-26(18(3)4)36(50-8)32(40)24(30(22)34(28)42)16-38-10-12-52(46,47)48;;/h13-18,39-42H,9-12H2,1-8H3,(H,43,44,45)(H,46,47,48);;/q;2*+1/p-2. The van der Waals surface area contributed by atoms with E-state index in [1.165, 1.54) is 14.2 Å². The molecule has 0 aliphatic rings. The number of aryl methyl sites for hydroxylation is 2. The zero-order valence-electron chi connectivity index (χ0n) is 32.1. The third kappa shape index (κ3) is 9.65. The summed E-state index contributed by atoms with van der Waals surface area (Å²) in [5.74, 6) is -4.01. The topological polar surface area (TPSA) is 238 Å². The smallest absolute Gasteiger partial charge is 0.870 e. The maximum atomic E-state index is 13.9. The van der Waals surface area contributed by atoms with Crippen molar-refractivity contribution in [3.63, 3.8) is 0 Å². The number of hydrogen-bond donors (Lipinski definition) is 4. The first-order chi connectivity index (χ1) is 24.2. The van der Waals surface area contributed by atoms with Crippen molar-refractivity contribution in [2.24, 2.45) is 9.98 Å². The number of phenolic OH excluding ortho intramolecular Hbond substituents is 2. The summed E-state index contributed by atoms with van der Waals surface area (Å²) in [6.45, 7) is 10.0. The second-order valence-electron chi connectivity index (χ2n) is 13.0. The van der Waals surface area contributed by atoms with E-state index < -0.39 is 54.7 Å². The molecule has 282 valence electrons. The van der Waals surface area contributed by atoms with Crippen LogP contribution in [-0.4, -0.2) is 87.4 Å². The van der Waals surface area contributed by atoms with Crippen molar-refractivity contribution < 1.29 is 115 Å². The van der Waals surface area contributed by atoms with Crippen LogP contribution in [0, 0.1) is 13.8 Å². The van der Waals surface area contributed by atoms with Crippen molar-refractivity contribution in [1.29, 1.82) is 0 Å². The summed E-state index contributed by atoms with van der Waals surface area (Å²) in [5.41, 5.74) is 1.95. The fourth-order valence-electron chi connectivity index (χ4n) is 6.61. The summed E-state index contributed by atoms with van der Waals surface area (Å²) in [7, 11) is -6.04. The molecule has 0 unspecified atom stereocenters. The average Bonchev–Trinajstić information content (AvgIpc) is 3.02. The molecular formula is C36H42N2Na2O12S2. The average molecular weight is 805 g/mol. The molecule has 0 radical (unpaired) electrons. The van der Waals surface area contributed by atoms with Crippen LogP contribution in [0.5, 0.6) is 34.5 Å². The summed E-state index contributed by atoms with van der Waals surface area (Å²) in [5, 5.41) is 53.2. The van der Waals surface area contributed by atoms with Crippen LogP contribution in [0.4, 0.5) is 0 Å². The van der Waals surface area contributed by atoms with Crippen molar-refractivity contribution in [3.05, 3.63) is 45.5 Å². The predicted molar refractivity (Wildman–Crippen MR) is 198 cm³/mol. The minimum atomic E-state index is -4.35. The maximum absolute atomic E-state index is 13.9. The molecule has 0 saturated carbocycles. The van der Waals surface area contributed by atoms with E-state index in [9.17, 15) is 46.4 Å². The Morgan fingerprint density at radius 3 is 1.26 bits per heavy atom. The Bertz CT molecular complexity index is 2200. The van der Waals surface area contributed by atoms with Crippen LogP contribution in [0.15, 0.2) is 22.1 Å². The molecule has 0 heterocycles. The Kier molecular flexibility index (Phi) is 16.3. The molecule has 4 aromatic carbocycles. The van der Waals surface area contributed by atoms with Gasteiger partial charge in [0, 0.05) is 45.5 Å². The summed E-state index contributed by atoms with van der Waals surface area (Å²) in [6.07, 6.45) is 2.22. The minimum absolute atomic E-state index is 0. The molecule has 0 aliphatic heterocycles. The zero-order chi connectivity index (χ0) is 39.0. The number of fused-ring (bicyclic) bond motifs is 2. The first-order valence-electron chi connectivity index (χ1n) is 16.2. The Morgan fingerprint density at radius 1 is 0.685 bits per heavy atom. The van der Waals surface area contributed by atoms with E-state index in [0.29, 0.717) is 33.0 Å². The Balaban J connectivity index is 0.00000504. The molecule has 18 heteroatoms. The second-order valence-corrected chi connectivity index (χ2v) is 16.2. The van der Waals surface area contributed by atoms with Gasteiger partial charge >= 0.3 is 59.1 Å². The van der Waals surface area contributed by atoms with Gasteiger partial charge in [-0.1, -0.05) is 51.3 Å². The molecule has 0 aliphatic carbocycles. The van der Waals surface area contributed by atoms with Gasteiger partial charge in [0.2, 0.25) is 0 Å². The van der Waals surface area contributed by atoms with Crippen LogP contribution < -0.4 is 78.8 Å². The largest absolute Gasteiger partial charge is 1.00 e. The van der Waals surface area contributed by atoms with Gasteiger partial charge in [0.15, 0.2) is 0 Å². The molecule has 0 spiro atoms. The fraction of sp³-hybridized carbons (Fsp3) is 0.389. The molecule has 0 bridgehead atoms. The van der Waals surface area contributed by atoms with E-state index in [1.807, 2.05) is 27.7 Å². The third-order valence-electron chi connectivity index (χ3n) is 8.72. The van der Waals surface area contributed by atoms with Crippen molar-refractivity contribution in [2.75, 3.05) is 38.8 Å².